The Morgan fingerprint density at radius 3 is 1.65 bits per heavy atom. The predicted octanol–water partition coefficient (Wildman–Crippen LogP) is 15.8. The number of hydrogen-bond acceptors (Lipinski definition) is 2. The highest BCUT2D eigenvalue weighted by atomic mass is 19.1. The van der Waals surface area contributed by atoms with Gasteiger partial charge in [0, 0.05) is 50.0 Å². The van der Waals surface area contributed by atoms with Gasteiger partial charge in [0.05, 0.1) is 22.4 Å². The van der Waals surface area contributed by atoms with Gasteiger partial charge < -0.3 is 14.4 Å². The topological polar surface area (TPSA) is 11.4 Å². The first-order valence-corrected chi connectivity index (χ1v) is 20.3. The Morgan fingerprint density at radius 2 is 0.883 bits per heavy atom. The second-order valence-electron chi connectivity index (χ2n) is 15.1. The van der Waals surface area contributed by atoms with Crippen molar-refractivity contribution in [1.29, 1.82) is 0 Å². The average molecular weight is 772 g/mol. The van der Waals surface area contributed by atoms with Crippen molar-refractivity contribution >= 4 is 77.5 Å². The van der Waals surface area contributed by atoms with E-state index in [1.54, 1.807) is 0 Å². The molecule has 3 nitrogen and oxygen atoms in total. The van der Waals surface area contributed by atoms with Gasteiger partial charge in [0.15, 0.2) is 0 Å². The summed E-state index contributed by atoms with van der Waals surface area (Å²) in [4.78, 5) is 4.59. The molecular weight excluding hydrogens is 734 g/mol. The van der Waals surface area contributed by atoms with Crippen molar-refractivity contribution in [2.24, 2.45) is 0 Å². The predicted molar refractivity (Wildman–Crippen MR) is 251 cm³/mol. The molecule has 0 spiro atoms. The van der Waals surface area contributed by atoms with E-state index in [1.165, 1.54) is 33.7 Å². The SMILES string of the molecule is Fc1ccc(N(c2ccc(-c3ccc(N(c4ccccc4)c4cccc5ccccc45)c4ccccc34)cc2)c2ccc3c(c2)c2ccccc2n3-c2ccccc2)cc1. The lowest BCUT2D eigenvalue weighted by Crippen LogP contribution is -2.11. The van der Waals surface area contributed by atoms with E-state index in [0.29, 0.717) is 0 Å². The first kappa shape index (κ1) is 35.2. The molecule has 11 aromatic rings. The summed E-state index contributed by atoms with van der Waals surface area (Å²) >= 11 is 0. The van der Waals surface area contributed by atoms with Crippen LogP contribution in [0.5, 0.6) is 0 Å². The van der Waals surface area contributed by atoms with Gasteiger partial charge in [-0.3, -0.25) is 0 Å². The summed E-state index contributed by atoms with van der Waals surface area (Å²) in [5, 5.41) is 7.04. The summed E-state index contributed by atoms with van der Waals surface area (Å²) in [7, 11) is 0. The first-order chi connectivity index (χ1) is 29.7. The highest BCUT2D eigenvalue weighted by Crippen LogP contribution is 2.45. The van der Waals surface area contributed by atoms with Crippen molar-refractivity contribution in [2.75, 3.05) is 9.80 Å². The van der Waals surface area contributed by atoms with E-state index >= 15 is 0 Å². The molecule has 0 aliphatic heterocycles. The van der Waals surface area contributed by atoms with E-state index in [-0.39, 0.29) is 5.82 Å². The van der Waals surface area contributed by atoms with Crippen LogP contribution in [-0.2, 0) is 0 Å². The normalized spacial score (nSPS) is 11.4. The summed E-state index contributed by atoms with van der Waals surface area (Å²) < 4.78 is 16.7. The summed E-state index contributed by atoms with van der Waals surface area (Å²) in [5.74, 6) is -0.267. The van der Waals surface area contributed by atoms with Crippen LogP contribution in [0.3, 0.4) is 0 Å². The lowest BCUT2D eigenvalue weighted by Gasteiger charge is -2.28. The molecule has 0 saturated heterocycles. The zero-order valence-corrected chi connectivity index (χ0v) is 32.7. The van der Waals surface area contributed by atoms with Gasteiger partial charge in [0.25, 0.3) is 0 Å². The van der Waals surface area contributed by atoms with Crippen LogP contribution in [0.15, 0.2) is 231 Å². The van der Waals surface area contributed by atoms with Crippen LogP contribution >= 0.6 is 0 Å². The third-order valence-corrected chi connectivity index (χ3v) is 11.6. The number of benzene rings is 10. The smallest absolute Gasteiger partial charge is 0.123 e. The number of anilines is 6. The number of nitrogens with zero attached hydrogens (tertiary/aromatic N) is 3. The van der Waals surface area contributed by atoms with Gasteiger partial charge in [-0.05, 0) is 119 Å². The minimum absolute atomic E-state index is 0.267. The molecule has 4 heteroatoms. The second kappa shape index (κ2) is 14.8. The van der Waals surface area contributed by atoms with E-state index in [1.807, 2.05) is 18.2 Å². The number of rotatable bonds is 8. The number of aromatic nitrogens is 1. The fourth-order valence-electron chi connectivity index (χ4n) is 8.90. The molecule has 1 aromatic heterocycles. The summed E-state index contributed by atoms with van der Waals surface area (Å²) in [5.41, 5.74) is 11.8. The van der Waals surface area contributed by atoms with E-state index in [9.17, 15) is 4.39 Å². The van der Waals surface area contributed by atoms with Gasteiger partial charge in [-0.25, -0.2) is 4.39 Å². The lowest BCUT2D eigenvalue weighted by atomic mass is 9.95. The monoisotopic (exact) mass is 771 g/mol. The maximum absolute atomic E-state index is 14.4. The fourth-order valence-corrected chi connectivity index (χ4v) is 8.90. The zero-order chi connectivity index (χ0) is 40.0. The van der Waals surface area contributed by atoms with Crippen molar-refractivity contribution < 1.29 is 4.39 Å². The minimum atomic E-state index is -0.267. The van der Waals surface area contributed by atoms with Crippen LogP contribution in [-0.4, -0.2) is 4.57 Å². The van der Waals surface area contributed by atoms with Crippen LogP contribution < -0.4 is 9.80 Å². The molecule has 60 heavy (non-hydrogen) atoms. The molecule has 0 bridgehead atoms. The molecule has 0 saturated carbocycles. The summed E-state index contributed by atoms with van der Waals surface area (Å²) in [6.07, 6.45) is 0. The fraction of sp³-hybridized carbons (Fsp3) is 0. The molecule has 0 aliphatic carbocycles. The van der Waals surface area contributed by atoms with Crippen molar-refractivity contribution in [3.05, 3.63) is 236 Å². The summed E-state index contributed by atoms with van der Waals surface area (Å²) in [6.45, 7) is 0. The van der Waals surface area contributed by atoms with Crippen molar-refractivity contribution in [2.45, 2.75) is 0 Å². The van der Waals surface area contributed by atoms with Crippen molar-refractivity contribution in [1.82, 2.24) is 4.57 Å². The molecular formula is C56H38FN3. The number of fused-ring (bicyclic) bond motifs is 5. The van der Waals surface area contributed by atoms with Gasteiger partial charge >= 0.3 is 0 Å². The van der Waals surface area contributed by atoms with Gasteiger partial charge in [-0.2, -0.15) is 0 Å². The Hall–Kier alpha value is -7.95. The Labute approximate surface area is 348 Å². The van der Waals surface area contributed by atoms with Crippen LogP contribution in [0.25, 0.3) is 60.2 Å². The molecule has 0 unspecified atom stereocenters. The number of para-hydroxylation sites is 3. The molecule has 0 atom stereocenters. The van der Waals surface area contributed by atoms with Gasteiger partial charge in [0.1, 0.15) is 5.82 Å². The Bertz CT molecular complexity index is 3310. The van der Waals surface area contributed by atoms with Crippen molar-refractivity contribution in [3.8, 4) is 16.8 Å². The van der Waals surface area contributed by atoms with Crippen LogP contribution in [0, 0.1) is 5.82 Å². The maximum Gasteiger partial charge on any atom is 0.123 e. The van der Waals surface area contributed by atoms with E-state index < -0.39 is 0 Å². The highest BCUT2D eigenvalue weighted by molar-refractivity contribution is 6.11. The zero-order valence-electron chi connectivity index (χ0n) is 32.7. The minimum Gasteiger partial charge on any atom is -0.310 e. The van der Waals surface area contributed by atoms with Gasteiger partial charge in [-0.15, -0.1) is 0 Å². The number of hydrogen-bond donors (Lipinski definition) is 0. The molecule has 0 amide bonds. The van der Waals surface area contributed by atoms with Crippen LogP contribution in [0.4, 0.5) is 38.5 Å². The Kier molecular flexibility index (Phi) is 8.67. The maximum atomic E-state index is 14.4. The third kappa shape index (κ3) is 6.05. The second-order valence-corrected chi connectivity index (χ2v) is 15.1. The number of halogens is 1. The van der Waals surface area contributed by atoms with Crippen LogP contribution in [0.2, 0.25) is 0 Å². The van der Waals surface area contributed by atoms with Crippen LogP contribution in [0.1, 0.15) is 0 Å². The van der Waals surface area contributed by atoms with E-state index in [2.05, 4.69) is 215 Å². The quantitative estimate of drug-likeness (QED) is 0.152. The molecule has 0 N–H and O–H groups in total. The third-order valence-electron chi connectivity index (χ3n) is 11.6. The standard InChI is InChI=1S/C56H38FN3/c57-41-28-32-45(33-29-41)58(46-34-36-56-52(38-46)51-23-11-12-24-54(51)60(56)43-18-5-2-6-19-43)44-30-26-40(27-31-44)47-35-37-55(50-22-10-9-21-49(47)50)59(42-16-3-1-4-17-42)53-25-13-15-39-14-7-8-20-48(39)53/h1-38H. The van der Waals surface area contributed by atoms with Gasteiger partial charge in [0.2, 0.25) is 0 Å². The molecule has 284 valence electrons. The molecule has 11 rings (SSSR count). The highest BCUT2D eigenvalue weighted by Gasteiger charge is 2.21. The Morgan fingerprint density at radius 1 is 0.333 bits per heavy atom. The Balaban J connectivity index is 1.03. The largest absolute Gasteiger partial charge is 0.310 e. The van der Waals surface area contributed by atoms with E-state index in [4.69, 9.17) is 0 Å². The molecule has 0 aliphatic rings. The van der Waals surface area contributed by atoms with Gasteiger partial charge in [-0.1, -0.05) is 133 Å². The molecule has 0 radical (unpaired) electrons. The molecule has 1 heterocycles. The average Bonchev–Trinajstić information content (AvgIpc) is 3.64. The molecule has 10 aromatic carbocycles. The van der Waals surface area contributed by atoms with Crippen molar-refractivity contribution in [3.63, 3.8) is 0 Å². The molecule has 0 fully saturated rings. The van der Waals surface area contributed by atoms with E-state index in [0.717, 1.165) is 72.7 Å². The lowest BCUT2D eigenvalue weighted by molar-refractivity contribution is 0.628. The first-order valence-electron chi connectivity index (χ1n) is 20.3. The summed E-state index contributed by atoms with van der Waals surface area (Å²) in [6, 6.07) is 80.1.